The normalized spacial score (nSPS) is 15.3. The molecule has 178 valence electrons. The van der Waals surface area contributed by atoms with Gasteiger partial charge in [0.05, 0.1) is 0 Å². The van der Waals surface area contributed by atoms with Crippen molar-refractivity contribution in [2.75, 3.05) is 0 Å². The molecule has 0 saturated heterocycles. The largest absolute Gasteiger partial charge is 0.419 e. The number of carbonyl (C=O) groups is 2. The lowest BCUT2D eigenvalue weighted by molar-refractivity contribution is -0.233. The molecule has 0 aromatic heterocycles. The molecule has 4 nitrogen and oxygen atoms in total. The summed E-state index contributed by atoms with van der Waals surface area (Å²) in [7, 11) is 0. The van der Waals surface area contributed by atoms with Crippen LogP contribution >= 0.6 is 0 Å². The number of hydrogen-bond acceptors (Lipinski definition) is 4. The Kier molecular flexibility index (Phi) is 14.3. The lowest BCUT2D eigenvalue weighted by atomic mass is 9.93. The van der Waals surface area contributed by atoms with Crippen LogP contribution in [-0.4, -0.2) is 17.7 Å². The van der Waals surface area contributed by atoms with E-state index in [4.69, 9.17) is 9.47 Å². The molecule has 0 aliphatic heterocycles. The molecule has 0 N–H and O–H groups in total. The minimum atomic E-state index is -1.15. The van der Waals surface area contributed by atoms with E-state index in [1.54, 1.807) is 6.92 Å². The molecule has 0 radical (unpaired) electrons. The van der Waals surface area contributed by atoms with Gasteiger partial charge in [0.15, 0.2) is 0 Å². The zero-order chi connectivity index (χ0) is 23.0. The highest BCUT2D eigenvalue weighted by molar-refractivity contribution is 5.89. The maximum absolute atomic E-state index is 12.6. The molecule has 0 unspecified atom stereocenters. The van der Waals surface area contributed by atoms with Crippen LogP contribution in [0.3, 0.4) is 0 Å². The van der Waals surface area contributed by atoms with Gasteiger partial charge >= 0.3 is 11.9 Å². The molecule has 0 spiro atoms. The van der Waals surface area contributed by atoms with E-state index in [1.165, 1.54) is 64.2 Å². The third-order valence-corrected chi connectivity index (χ3v) is 6.14. The van der Waals surface area contributed by atoms with Crippen LogP contribution in [0.4, 0.5) is 0 Å². The Hall–Kier alpha value is -1.58. The van der Waals surface area contributed by atoms with Gasteiger partial charge in [0.25, 0.3) is 5.79 Å². The molecular weight excluding hydrogens is 388 g/mol. The number of hydrogen-bond donors (Lipinski definition) is 0. The van der Waals surface area contributed by atoms with Crippen LogP contribution in [0.5, 0.6) is 0 Å². The summed E-state index contributed by atoms with van der Waals surface area (Å²) < 4.78 is 11.3. The van der Waals surface area contributed by atoms with Crippen LogP contribution in [-0.2, 0) is 19.1 Å². The quantitative estimate of drug-likeness (QED) is 0.101. The first-order valence-electron chi connectivity index (χ1n) is 12.7. The maximum atomic E-state index is 12.6. The maximum Gasteiger partial charge on any atom is 0.336 e. The van der Waals surface area contributed by atoms with Gasteiger partial charge < -0.3 is 9.47 Å². The zero-order valence-corrected chi connectivity index (χ0v) is 20.3. The van der Waals surface area contributed by atoms with Gasteiger partial charge in [-0.2, -0.15) is 0 Å². The van der Waals surface area contributed by atoms with E-state index >= 15 is 0 Å². The van der Waals surface area contributed by atoms with Crippen molar-refractivity contribution in [1.29, 1.82) is 0 Å². The molecule has 0 amide bonds. The second-order valence-electron chi connectivity index (χ2n) is 9.27. The third-order valence-electron chi connectivity index (χ3n) is 6.14. The van der Waals surface area contributed by atoms with Gasteiger partial charge in [-0.1, -0.05) is 97.1 Å². The molecule has 1 aliphatic carbocycles. The van der Waals surface area contributed by atoms with E-state index in [0.717, 1.165) is 32.1 Å². The lowest BCUT2D eigenvalue weighted by Crippen LogP contribution is -2.42. The average Bonchev–Trinajstić information content (AvgIpc) is 2.74. The summed E-state index contributed by atoms with van der Waals surface area (Å²) >= 11 is 0. The van der Waals surface area contributed by atoms with E-state index in [0.29, 0.717) is 30.4 Å². The Morgan fingerprint density at radius 1 is 0.710 bits per heavy atom. The number of ether oxygens (including phenoxy) is 2. The highest BCUT2D eigenvalue weighted by atomic mass is 16.7. The number of rotatable bonds is 17. The molecule has 4 heteroatoms. The Morgan fingerprint density at radius 3 is 1.65 bits per heavy atom. The van der Waals surface area contributed by atoms with Crippen LogP contribution in [0, 0.1) is 0 Å². The smallest absolute Gasteiger partial charge is 0.336 e. The van der Waals surface area contributed by atoms with E-state index in [9.17, 15) is 9.59 Å². The fourth-order valence-electron chi connectivity index (χ4n) is 4.09. The van der Waals surface area contributed by atoms with Crippen LogP contribution in [0.25, 0.3) is 0 Å². The van der Waals surface area contributed by atoms with Gasteiger partial charge in [-0.05, 0) is 32.6 Å². The molecule has 0 heterocycles. The summed E-state index contributed by atoms with van der Waals surface area (Å²) in [6.45, 7) is 11.4. The summed E-state index contributed by atoms with van der Waals surface area (Å²) in [6.07, 6.45) is 19.9. The first kappa shape index (κ1) is 27.5. The highest BCUT2D eigenvalue weighted by Crippen LogP contribution is 2.34. The second kappa shape index (κ2) is 16.1. The average molecular weight is 435 g/mol. The number of esters is 2. The summed E-state index contributed by atoms with van der Waals surface area (Å²) in [6, 6.07) is 0. The Balaban J connectivity index is 2.19. The molecule has 0 aromatic carbocycles. The molecule has 1 fully saturated rings. The lowest BCUT2D eigenvalue weighted by Gasteiger charge is -2.36. The first-order valence-corrected chi connectivity index (χ1v) is 12.7. The van der Waals surface area contributed by atoms with Crippen molar-refractivity contribution in [1.82, 2.24) is 0 Å². The number of carbonyl (C=O) groups excluding carboxylic acids is 2. The van der Waals surface area contributed by atoms with Gasteiger partial charge in [0.2, 0.25) is 0 Å². The van der Waals surface area contributed by atoms with E-state index in [1.807, 2.05) is 0 Å². The Bertz CT molecular complexity index is 558. The fourth-order valence-corrected chi connectivity index (χ4v) is 4.09. The summed E-state index contributed by atoms with van der Waals surface area (Å²) in [5.41, 5.74) is 0.791. The van der Waals surface area contributed by atoms with E-state index in [2.05, 4.69) is 20.1 Å². The standard InChI is InChI=1S/C27H46O4/c1-5-6-7-8-9-10-11-12-13-14-15-17-20-24(4)26(29)31-27(21-18-16-19-22-27)30-25(28)23(2)3/h2,4-22H2,1,3H3. The van der Waals surface area contributed by atoms with Crippen LogP contribution in [0.2, 0.25) is 0 Å². The van der Waals surface area contributed by atoms with Crippen molar-refractivity contribution in [3.05, 3.63) is 24.3 Å². The zero-order valence-electron chi connectivity index (χ0n) is 20.3. The SMILES string of the molecule is C=C(C)C(=O)OC1(OC(=O)C(=C)CCCCCCCCCCCCCC)CCCCC1. The van der Waals surface area contributed by atoms with Crippen LogP contribution < -0.4 is 0 Å². The highest BCUT2D eigenvalue weighted by Gasteiger charge is 2.40. The van der Waals surface area contributed by atoms with Gasteiger partial charge in [-0.15, -0.1) is 0 Å². The molecular formula is C27H46O4. The van der Waals surface area contributed by atoms with Gasteiger partial charge in [-0.25, -0.2) is 9.59 Å². The minimum Gasteiger partial charge on any atom is -0.419 e. The fraction of sp³-hybridized carbons (Fsp3) is 0.778. The predicted molar refractivity (Wildman–Crippen MR) is 128 cm³/mol. The molecule has 31 heavy (non-hydrogen) atoms. The predicted octanol–water partition coefficient (Wildman–Crippen LogP) is 7.96. The molecule has 0 atom stereocenters. The van der Waals surface area contributed by atoms with Gasteiger partial charge in [0.1, 0.15) is 0 Å². The van der Waals surface area contributed by atoms with Crippen molar-refractivity contribution < 1.29 is 19.1 Å². The van der Waals surface area contributed by atoms with Crippen LogP contribution in [0.15, 0.2) is 24.3 Å². The van der Waals surface area contributed by atoms with E-state index < -0.39 is 17.7 Å². The van der Waals surface area contributed by atoms with E-state index in [-0.39, 0.29) is 0 Å². The second-order valence-corrected chi connectivity index (χ2v) is 9.27. The Morgan fingerprint density at radius 2 is 1.16 bits per heavy atom. The van der Waals surface area contributed by atoms with Crippen molar-refractivity contribution >= 4 is 11.9 Å². The monoisotopic (exact) mass is 434 g/mol. The first-order chi connectivity index (χ1) is 14.9. The van der Waals surface area contributed by atoms with Crippen molar-refractivity contribution in [3.8, 4) is 0 Å². The topological polar surface area (TPSA) is 52.6 Å². The summed E-state index contributed by atoms with van der Waals surface area (Å²) in [4.78, 5) is 24.6. The molecule has 1 aliphatic rings. The number of unbranched alkanes of at least 4 members (excludes halogenated alkanes) is 11. The van der Waals surface area contributed by atoms with Gasteiger partial charge in [0, 0.05) is 24.0 Å². The Labute approximate surface area is 190 Å². The summed E-state index contributed by atoms with van der Waals surface area (Å²) in [5.74, 6) is -2.08. The molecule has 0 bridgehead atoms. The minimum absolute atomic E-state index is 0.316. The van der Waals surface area contributed by atoms with Crippen molar-refractivity contribution in [2.24, 2.45) is 0 Å². The van der Waals surface area contributed by atoms with Crippen molar-refractivity contribution in [2.45, 2.75) is 135 Å². The van der Waals surface area contributed by atoms with Crippen molar-refractivity contribution in [3.63, 3.8) is 0 Å². The summed E-state index contributed by atoms with van der Waals surface area (Å²) in [5, 5.41) is 0. The van der Waals surface area contributed by atoms with Gasteiger partial charge in [-0.3, -0.25) is 0 Å². The molecule has 1 saturated carbocycles. The van der Waals surface area contributed by atoms with Crippen LogP contribution in [0.1, 0.15) is 129 Å². The third kappa shape index (κ3) is 12.1. The molecule has 0 aromatic rings. The molecule has 1 rings (SSSR count).